The van der Waals surface area contributed by atoms with Crippen molar-refractivity contribution < 1.29 is 64.8 Å². The summed E-state index contributed by atoms with van der Waals surface area (Å²) < 4.78 is 104. The first-order valence-electron chi connectivity index (χ1n) is 44.7. The summed E-state index contributed by atoms with van der Waals surface area (Å²) in [6, 6.07) is 15.3. The predicted octanol–water partition coefficient (Wildman–Crippen LogP) is 13.2. The smallest absolute Gasteiger partial charge is 0.318 e. The van der Waals surface area contributed by atoms with E-state index in [0.29, 0.717) is 221 Å². The molecule has 39 heteroatoms. The molecule has 0 unspecified atom stereocenters. The van der Waals surface area contributed by atoms with E-state index in [-0.39, 0.29) is 114 Å². The Morgan fingerprint density at radius 2 is 0.776 bits per heavy atom. The molecule has 6 aromatic heterocycles. The van der Waals surface area contributed by atoms with Crippen LogP contribution in [0.4, 0.5) is 56.5 Å². The number of alkyl halides is 2. The minimum absolute atomic E-state index is 0. The van der Waals surface area contributed by atoms with Crippen molar-refractivity contribution in [2.75, 3.05) is 181 Å². The van der Waals surface area contributed by atoms with Crippen LogP contribution < -0.4 is 43.6 Å². The van der Waals surface area contributed by atoms with Crippen molar-refractivity contribution in [3.05, 3.63) is 213 Å². The number of halogens is 6. The average molecular weight is 1920 g/mol. The maximum atomic E-state index is 15.0. The van der Waals surface area contributed by atoms with Gasteiger partial charge in [-0.25, -0.2) is 41.7 Å². The molecule has 708 valence electrons. The Kier molecular flexibility index (Phi) is 35.3. The summed E-state index contributed by atoms with van der Waals surface area (Å²) in [7, 11) is 0. The Balaban J connectivity index is 0.000000169. The average Bonchev–Trinajstić information content (AvgIpc) is 1.38. The highest BCUT2D eigenvalue weighted by molar-refractivity contribution is 7.59. The summed E-state index contributed by atoms with van der Waals surface area (Å²) in [5.74, 6) is -0.845. The number of ether oxygens (including phenoxy) is 6. The van der Waals surface area contributed by atoms with E-state index >= 15 is 0 Å². The molecule has 0 N–H and O–H groups in total. The van der Waals surface area contributed by atoms with Gasteiger partial charge in [0.05, 0.1) is 135 Å². The third kappa shape index (κ3) is 24.5. The van der Waals surface area contributed by atoms with Crippen LogP contribution in [-0.2, 0) is 67.5 Å². The molecular formula is C95H109ClF5N21O9S3. The third-order valence-corrected chi connectivity index (χ3v) is 24.7. The van der Waals surface area contributed by atoms with Gasteiger partial charge in [0.15, 0.2) is 5.83 Å². The van der Waals surface area contributed by atoms with Crippen molar-refractivity contribution in [2.24, 2.45) is 0 Å². The van der Waals surface area contributed by atoms with Gasteiger partial charge in [-0.05, 0) is 88.1 Å². The van der Waals surface area contributed by atoms with Crippen molar-refractivity contribution >= 4 is 137 Å². The van der Waals surface area contributed by atoms with Gasteiger partial charge < -0.3 is 87.1 Å². The number of allylic oxidation sites excluding steroid dienone is 2. The van der Waals surface area contributed by atoms with Crippen LogP contribution in [0.5, 0.6) is 18.0 Å². The molecule has 3 atom stereocenters. The van der Waals surface area contributed by atoms with Gasteiger partial charge in [-0.2, -0.15) is 70.4 Å². The standard InChI is InChI=1S/C32H35ClFN7O3.C32H35F2N7O3.C31H33F2N7O3.3H2S/c1-35-18-23-20-40(13-14-41(23)29(42)7-3-11-34)31-25-10-12-39(28-19-36-17-22-5-2-6-26(33)30(22)28)21-27(25)37-32(38-31)44-16-4-15-43-24-8-9-24;1-35-18-23-20-40(13-14-41(23)29(42)7-3-11-33)31-25-10-12-39(28-19-36-17-22-5-2-6-26(34)30(22)28)21-27(25)37-32(38-31)44-16-4-15-43-24-8-9-24;1-20(32)30(41)40-12-11-39(18-22(40)16-34-2)29-24-9-10-38(27-17-35-15-21-5-3-6-25(33)28(21)27)19-26(24)36-31(37-29)43-14-4-13-42-23-7-8-23;;;/h2*2-3,5-7,17,19,23-24H,4,8-16,18,20-21H2;3,5-6,15,17,22-23H,1,4,7-14,16,18-19H2;3*1H2/b2*7-3+;;;;/t2*23-;22-;;;/m000.../s1. The summed E-state index contributed by atoms with van der Waals surface area (Å²) in [6.07, 6.45) is 27.1. The highest BCUT2D eigenvalue weighted by Crippen LogP contribution is 2.42. The molecule has 0 bridgehead atoms. The number of benzene rings is 3. The van der Waals surface area contributed by atoms with Crippen LogP contribution in [0.15, 0.2) is 128 Å². The Hall–Kier alpha value is -11.7. The highest BCUT2D eigenvalue weighted by atomic mass is 35.5. The van der Waals surface area contributed by atoms with Crippen molar-refractivity contribution in [1.29, 1.82) is 0 Å². The number of anilines is 6. The van der Waals surface area contributed by atoms with Crippen molar-refractivity contribution in [3.63, 3.8) is 0 Å². The van der Waals surface area contributed by atoms with Gasteiger partial charge in [0, 0.05) is 178 Å². The number of fused-ring (bicyclic) bond motifs is 6. The first kappa shape index (κ1) is 99.8. The molecule has 3 saturated carbocycles. The van der Waals surface area contributed by atoms with Crippen LogP contribution in [-0.4, -0.2) is 265 Å². The lowest BCUT2D eigenvalue weighted by Crippen LogP contribution is -2.57. The van der Waals surface area contributed by atoms with Crippen molar-refractivity contribution in [1.82, 2.24) is 59.6 Å². The molecule has 6 fully saturated rings. The zero-order valence-corrected chi connectivity index (χ0v) is 78.1. The largest absolute Gasteiger partial charge is 0.463 e. The molecule has 3 aromatic carbocycles. The molecule has 6 aliphatic heterocycles. The van der Waals surface area contributed by atoms with E-state index in [2.05, 4.69) is 60.6 Å². The Labute approximate surface area is 801 Å². The SMILES string of the molecule is S.S.S.[C-]#[N+]C[C@H]1CN(c2nc(OCCCOC3CC3)nc3c2CCN(c2cncc4cccc(Cl)c24)C3)CCN1C(=O)/C=C/CF.[C-]#[N+]C[C@H]1CN(c2nc(OCCCOC3CC3)nc3c2CCN(c2cncc4cccc(F)c24)C3)CCN1C(=O)/C=C/CF.[C-]#[N+]C[C@H]1CN(c2nc(OCCCOC3CC3)nc3c2CCN(c2cncc4cccc(F)c24)C3)CCN1C(=O)C(=C)F. The molecule has 9 aliphatic rings. The summed E-state index contributed by atoms with van der Waals surface area (Å²) in [4.78, 5) is 108. The van der Waals surface area contributed by atoms with Crippen LogP contribution >= 0.6 is 52.1 Å². The zero-order valence-electron chi connectivity index (χ0n) is 74.3. The zero-order chi connectivity index (χ0) is 90.9. The van der Waals surface area contributed by atoms with Crippen LogP contribution in [0.3, 0.4) is 0 Å². The number of aromatic nitrogens is 9. The number of pyridine rings is 3. The van der Waals surface area contributed by atoms with Crippen LogP contribution in [0, 0.1) is 31.4 Å². The number of rotatable bonds is 32. The molecule has 3 saturated heterocycles. The van der Waals surface area contributed by atoms with Crippen LogP contribution in [0.25, 0.3) is 46.9 Å². The van der Waals surface area contributed by atoms with E-state index in [1.165, 1.54) is 41.3 Å². The second-order valence-electron chi connectivity index (χ2n) is 33.5. The van der Waals surface area contributed by atoms with Gasteiger partial charge in [-0.3, -0.25) is 29.3 Å². The highest BCUT2D eigenvalue weighted by Gasteiger charge is 2.41. The van der Waals surface area contributed by atoms with E-state index in [0.717, 1.165) is 118 Å². The number of nitrogens with zero attached hydrogens (tertiary/aromatic N) is 21. The summed E-state index contributed by atoms with van der Waals surface area (Å²) in [6.45, 7) is 34.3. The third-order valence-electron chi connectivity index (χ3n) is 24.4. The second kappa shape index (κ2) is 47.5. The minimum Gasteiger partial charge on any atom is -0.463 e. The lowest BCUT2D eigenvalue weighted by molar-refractivity contribution is -0.131. The molecule has 0 radical (unpaired) electrons. The Morgan fingerprint density at radius 3 is 1.12 bits per heavy atom. The molecular weight excluding hydrogens is 1810 g/mol. The van der Waals surface area contributed by atoms with E-state index in [4.69, 9.17) is 89.6 Å². The summed E-state index contributed by atoms with van der Waals surface area (Å²) in [5.41, 5.74) is 7.68. The monoisotopic (exact) mass is 1910 g/mol. The predicted molar refractivity (Wildman–Crippen MR) is 517 cm³/mol. The number of amides is 3. The van der Waals surface area contributed by atoms with Gasteiger partial charge in [-0.15, -0.1) is 0 Å². The Bertz CT molecular complexity index is 5610. The molecule has 12 heterocycles. The number of piperazine rings is 3. The molecule has 3 aliphatic carbocycles. The Morgan fingerprint density at radius 1 is 0.440 bits per heavy atom. The fourth-order valence-corrected chi connectivity index (χ4v) is 17.8. The van der Waals surface area contributed by atoms with E-state index in [1.54, 1.807) is 46.7 Å². The van der Waals surface area contributed by atoms with Gasteiger partial charge in [0.2, 0.25) is 31.4 Å². The molecule has 134 heavy (non-hydrogen) atoms. The quantitative estimate of drug-likeness (QED) is 0.0164. The lowest BCUT2D eigenvalue weighted by atomic mass is 10.0. The fraction of sp³-hybridized carbons (Fsp3) is 0.463. The number of carbonyl (C=O) groups is 3. The second-order valence-corrected chi connectivity index (χ2v) is 33.9. The summed E-state index contributed by atoms with van der Waals surface area (Å²) in [5, 5.41) is 5.09. The van der Waals surface area contributed by atoms with Gasteiger partial charge in [0.25, 0.3) is 5.91 Å². The number of hydrogen-bond donors (Lipinski definition) is 0. The molecule has 30 nitrogen and oxygen atoms in total. The first-order valence-corrected chi connectivity index (χ1v) is 45.1. The van der Waals surface area contributed by atoms with Crippen molar-refractivity contribution in [2.45, 2.75) is 133 Å². The fourth-order valence-electron chi connectivity index (χ4n) is 17.5. The van der Waals surface area contributed by atoms with Crippen molar-refractivity contribution in [3.8, 4) is 18.0 Å². The molecule has 0 spiro atoms. The van der Waals surface area contributed by atoms with Crippen LogP contribution in [0.2, 0.25) is 5.02 Å². The van der Waals surface area contributed by atoms with E-state index < -0.39 is 31.1 Å². The first-order chi connectivity index (χ1) is 64.0. The summed E-state index contributed by atoms with van der Waals surface area (Å²) >= 11 is 6.65. The normalized spacial score (nSPS) is 18.0. The van der Waals surface area contributed by atoms with Gasteiger partial charge in [-0.1, -0.05) is 54.6 Å². The molecule has 18 rings (SSSR count). The molecule has 9 aromatic rings. The van der Waals surface area contributed by atoms with Gasteiger partial charge >= 0.3 is 18.0 Å². The maximum Gasteiger partial charge on any atom is 0.318 e. The topological polar surface area (TPSA) is 265 Å². The molecule has 3 amide bonds. The van der Waals surface area contributed by atoms with E-state index in [1.807, 2.05) is 47.6 Å². The van der Waals surface area contributed by atoms with Crippen LogP contribution in [0.1, 0.15) is 91.6 Å². The maximum absolute atomic E-state index is 15.0. The minimum atomic E-state index is -1.04. The van der Waals surface area contributed by atoms with Gasteiger partial charge in [0.1, 0.15) is 60.6 Å². The number of hydrogen-bond acceptors (Lipinski definition) is 24. The van der Waals surface area contributed by atoms with E-state index in [9.17, 15) is 36.3 Å². The lowest BCUT2D eigenvalue weighted by Gasteiger charge is -2.41. The number of carbonyl (C=O) groups excluding carboxylic acids is 3.